The van der Waals surface area contributed by atoms with E-state index in [1.807, 2.05) is 0 Å². The van der Waals surface area contributed by atoms with E-state index >= 15 is 0 Å². The van der Waals surface area contributed by atoms with E-state index in [0.717, 1.165) is 18.7 Å². The summed E-state index contributed by atoms with van der Waals surface area (Å²) in [5.74, 6) is 0. The van der Waals surface area contributed by atoms with Crippen LogP contribution in [0.25, 0.3) is 0 Å². The van der Waals surface area contributed by atoms with Crippen LogP contribution in [-0.2, 0) is 10.0 Å². The number of hydrogen-bond donors (Lipinski definition) is 3. The molecule has 4 N–H and O–H groups in total. The summed E-state index contributed by atoms with van der Waals surface area (Å²) in [5, 5.41) is 3.50. The van der Waals surface area contributed by atoms with Gasteiger partial charge in [0.15, 0.2) is 0 Å². The van der Waals surface area contributed by atoms with E-state index < -0.39 is 10.0 Å². The zero-order chi connectivity index (χ0) is 15.0. The number of nitrogen functional groups attached to an aromatic ring is 1. The molecular formula is C14H22N4O2S. The summed E-state index contributed by atoms with van der Waals surface area (Å²) in [4.78, 5) is 2.72. The predicted molar refractivity (Wildman–Crippen MR) is 83.7 cm³/mol. The molecule has 0 bridgehead atoms. The van der Waals surface area contributed by atoms with Crippen LogP contribution in [0.1, 0.15) is 19.3 Å². The predicted octanol–water partition coefficient (Wildman–Crippen LogP) is 0.825. The van der Waals surface area contributed by atoms with Crippen molar-refractivity contribution in [2.24, 2.45) is 0 Å². The second-order valence-corrected chi connectivity index (χ2v) is 7.63. The fourth-order valence-corrected chi connectivity index (χ4v) is 4.17. The molecule has 2 saturated heterocycles. The van der Waals surface area contributed by atoms with Gasteiger partial charge < -0.3 is 11.1 Å². The summed E-state index contributed by atoms with van der Waals surface area (Å²) in [7, 11) is -2.05. The van der Waals surface area contributed by atoms with Crippen molar-refractivity contribution >= 4 is 21.4 Å². The SMILES string of the molecule is CNS(=O)(=O)c1ccc(NC2CCN3CCCC23)c(N)c1. The van der Waals surface area contributed by atoms with Gasteiger partial charge >= 0.3 is 0 Å². The van der Waals surface area contributed by atoms with E-state index in [0.29, 0.717) is 17.8 Å². The highest BCUT2D eigenvalue weighted by atomic mass is 32.2. The number of rotatable bonds is 4. The van der Waals surface area contributed by atoms with Crippen molar-refractivity contribution in [3.8, 4) is 0 Å². The number of nitrogens with zero attached hydrogens (tertiary/aromatic N) is 1. The number of fused-ring (bicyclic) bond motifs is 1. The Bertz CT molecular complexity index is 632. The van der Waals surface area contributed by atoms with Crippen molar-refractivity contribution in [3.63, 3.8) is 0 Å². The van der Waals surface area contributed by atoms with Crippen LogP contribution in [0.5, 0.6) is 0 Å². The highest BCUT2D eigenvalue weighted by molar-refractivity contribution is 7.89. The number of nitrogens with one attached hydrogen (secondary N) is 2. The third-order valence-corrected chi connectivity index (χ3v) is 5.96. The summed E-state index contributed by atoms with van der Waals surface area (Å²) in [6.07, 6.45) is 3.60. The van der Waals surface area contributed by atoms with E-state index in [9.17, 15) is 8.42 Å². The lowest BCUT2D eigenvalue weighted by Crippen LogP contribution is -2.34. The van der Waals surface area contributed by atoms with Gasteiger partial charge in [0.2, 0.25) is 10.0 Å². The molecule has 3 rings (SSSR count). The Morgan fingerprint density at radius 3 is 2.81 bits per heavy atom. The lowest BCUT2D eigenvalue weighted by molar-refractivity contribution is 0.318. The second-order valence-electron chi connectivity index (χ2n) is 5.74. The third kappa shape index (κ3) is 2.73. The van der Waals surface area contributed by atoms with Gasteiger partial charge in [-0.3, -0.25) is 4.90 Å². The van der Waals surface area contributed by atoms with Crippen LogP contribution in [0, 0.1) is 0 Å². The normalized spacial score (nSPS) is 26.0. The zero-order valence-corrected chi connectivity index (χ0v) is 13.0. The summed E-state index contributed by atoms with van der Waals surface area (Å²) >= 11 is 0. The first-order chi connectivity index (χ1) is 10.0. The minimum atomic E-state index is -3.44. The maximum Gasteiger partial charge on any atom is 0.240 e. The standard InChI is InChI=1S/C14H22N4O2S/c1-16-21(19,20)10-4-5-12(11(15)9-10)17-13-6-8-18-7-2-3-14(13)18/h4-5,9,13-14,16-17H,2-3,6-8,15H2,1H3. The number of nitrogens with two attached hydrogens (primary N) is 1. The average Bonchev–Trinajstić information content (AvgIpc) is 3.05. The summed E-state index contributed by atoms with van der Waals surface area (Å²) in [6.45, 7) is 2.33. The van der Waals surface area contributed by atoms with E-state index in [1.165, 1.54) is 32.5 Å². The molecule has 0 aromatic heterocycles. The van der Waals surface area contributed by atoms with Crippen molar-refractivity contribution in [2.45, 2.75) is 36.2 Å². The smallest absolute Gasteiger partial charge is 0.240 e. The number of benzene rings is 1. The Hall–Kier alpha value is -1.31. The maximum atomic E-state index is 11.8. The minimum absolute atomic E-state index is 0.196. The number of hydrogen-bond acceptors (Lipinski definition) is 5. The molecule has 1 aromatic carbocycles. The Morgan fingerprint density at radius 1 is 1.29 bits per heavy atom. The van der Waals surface area contributed by atoms with Crippen LogP contribution in [0.3, 0.4) is 0 Å². The Balaban J connectivity index is 1.78. The Morgan fingerprint density at radius 2 is 2.10 bits per heavy atom. The van der Waals surface area contributed by atoms with Crippen LogP contribution in [0.2, 0.25) is 0 Å². The van der Waals surface area contributed by atoms with Gasteiger partial charge in [0, 0.05) is 18.6 Å². The molecular weight excluding hydrogens is 288 g/mol. The largest absolute Gasteiger partial charge is 0.397 e. The van der Waals surface area contributed by atoms with Gasteiger partial charge in [0.25, 0.3) is 0 Å². The molecule has 0 aliphatic carbocycles. The molecule has 0 amide bonds. The molecule has 0 spiro atoms. The van der Waals surface area contributed by atoms with Gasteiger partial charge in [0.05, 0.1) is 16.3 Å². The van der Waals surface area contributed by atoms with Crippen LogP contribution in [-0.4, -0.2) is 45.5 Å². The van der Waals surface area contributed by atoms with E-state index in [-0.39, 0.29) is 4.90 Å². The first kappa shape index (κ1) is 14.6. The molecule has 2 atom stereocenters. The summed E-state index contributed by atoms with van der Waals surface area (Å²) in [6, 6.07) is 5.85. The van der Waals surface area contributed by atoms with Crippen molar-refractivity contribution in [1.29, 1.82) is 0 Å². The second kappa shape index (κ2) is 5.47. The molecule has 2 aliphatic rings. The molecule has 2 unspecified atom stereocenters. The quantitative estimate of drug-likeness (QED) is 0.717. The lowest BCUT2D eigenvalue weighted by Gasteiger charge is -2.23. The molecule has 2 heterocycles. The summed E-state index contributed by atoms with van der Waals surface area (Å²) < 4.78 is 25.8. The van der Waals surface area contributed by atoms with Gasteiger partial charge in [-0.05, 0) is 51.1 Å². The average molecular weight is 310 g/mol. The topological polar surface area (TPSA) is 87.5 Å². The van der Waals surface area contributed by atoms with Crippen LogP contribution in [0.15, 0.2) is 23.1 Å². The molecule has 7 heteroatoms. The van der Waals surface area contributed by atoms with Gasteiger partial charge in [-0.2, -0.15) is 0 Å². The Kier molecular flexibility index (Phi) is 3.81. The van der Waals surface area contributed by atoms with Crippen LogP contribution >= 0.6 is 0 Å². The van der Waals surface area contributed by atoms with Gasteiger partial charge in [-0.15, -0.1) is 0 Å². The first-order valence-corrected chi connectivity index (χ1v) is 8.83. The highest BCUT2D eigenvalue weighted by Crippen LogP contribution is 2.32. The summed E-state index contributed by atoms with van der Waals surface area (Å²) in [5.41, 5.74) is 7.32. The van der Waals surface area contributed by atoms with Crippen molar-refractivity contribution in [2.75, 3.05) is 31.2 Å². The fourth-order valence-electron chi connectivity index (χ4n) is 3.41. The highest BCUT2D eigenvalue weighted by Gasteiger charge is 2.37. The molecule has 21 heavy (non-hydrogen) atoms. The molecule has 1 aromatic rings. The fraction of sp³-hybridized carbons (Fsp3) is 0.571. The van der Waals surface area contributed by atoms with E-state index in [4.69, 9.17) is 5.73 Å². The molecule has 0 saturated carbocycles. The van der Waals surface area contributed by atoms with Crippen molar-refractivity contribution in [1.82, 2.24) is 9.62 Å². The van der Waals surface area contributed by atoms with Crippen molar-refractivity contribution in [3.05, 3.63) is 18.2 Å². The van der Waals surface area contributed by atoms with E-state index in [2.05, 4.69) is 14.9 Å². The van der Waals surface area contributed by atoms with Gasteiger partial charge in [0.1, 0.15) is 0 Å². The number of anilines is 2. The molecule has 2 aliphatic heterocycles. The molecule has 6 nitrogen and oxygen atoms in total. The van der Waals surface area contributed by atoms with Crippen LogP contribution < -0.4 is 15.8 Å². The van der Waals surface area contributed by atoms with E-state index in [1.54, 1.807) is 12.1 Å². The monoisotopic (exact) mass is 310 g/mol. The lowest BCUT2D eigenvalue weighted by atomic mass is 10.1. The third-order valence-electron chi connectivity index (χ3n) is 4.55. The molecule has 0 radical (unpaired) electrons. The number of sulfonamides is 1. The minimum Gasteiger partial charge on any atom is -0.397 e. The molecule has 2 fully saturated rings. The van der Waals surface area contributed by atoms with Crippen molar-refractivity contribution < 1.29 is 8.42 Å². The Labute approximate surface area is 125 Å². The van der Waals surface area contributed by atoms with Crippen LogP contribution in [0.4, 0.5) is 11.4 Å². The van der Waals surface area contributed by atoms with Gasteiger partial charge in [-0.1, -0.05) is 0 Å². The maximum absolute atomic E-state index is 11.8. The van der Waals surface area contributed by atoms with Gasteiger partial charge in [-0.25, -0.2) is 13.1 Å². The zero-order valence-electron chi connectivity index (χ0n) is 12.2. The first-order valence-electron chi connectivity index (χ1n) is 7.35. The molecule has 116 valence electrons.